The van der Waals surface area contributed by atoms with Crippen LogP contribution in [0.15, 0.2) is 34.7 Å². The molecule has 0 atom stereocenters. The van der Waals surface area contributed by atoms with Crippen molar-refractivity contribution in [3.8, 4) is 5.75 Å². The maximum atomic E-state index is 11.9. The van der Waals surface area contributed by atoms with Gasteiger partial charge < -0.3 is 9.15 Å². The standard InChI is InChI=1S/C13H11ClO3/c1-8-7-10(9(2)16-8)13(15)17-12-6-4-3-5-11(12)14/h3-7H,1-2H3. The molecule has 0 spiro atoms. The van der Waals surface area contributed by atoms with Crippen LogP contribution in [0.4, 0.5) is 0 Å². The predicted octanol–water partition coefficient (Wildman–Crippen LogP) is 3.77. The normalized spacial score (nSPS) is 10.3. The van der Waals surface area contributed by atoms with Crippen LogP contribution in [-0.4, -0.2) is 5.97 Å². The minimum atomic E-state index is -0.465. The molecule has 17 heavy (non-hydrogen) atoms. The third kappa shape index (κ3) is 2.50. The molecule has 0 radical (unpaired) electrons. The molecule has 0 saturated heterocycles. The number of aryl methyl sites for hydroxylation is 2. The molecule has 2 rings (SSSR count). The van der Waals surface area contributed by atoms with Crippen LogP contribution >= 0.6 is 11.6 Å². The highest BCUT2D eigenvalue weighted by molar-refractivity contribution is 6.32. The first-order valence-electron chi connectivity index (χ1n) is 5.11. The van der Waals surface area contributed by atoms with Crippen LogP contribution < -0.4 is 4.74 Å². The smallest absolute Gasteiger partial charge is 0.347 e. The molecule has 0 fully saturated rings. The lowest BCUT2D eigenvalue weighted by Gasteiger charge is -2.04. The minimum Gasteiger partial charge on any atom is -0.466 e. The largest absolute Gasteiger partial charge is 0.466 e. The van der Waals surface area contributed by atoms with E-state index in [1.54, 1.807) is 44.2 Å². The Morgan fingerprint density at radius 1 is 1.29 bits per heavy atom. The Hall–Kier alpha value is -1.74. The Morgan fingerprint density at radius 2 is 2.00 bits per heavy atom. The van der Waals surface area contributed by atoms with Crippen molar-refractivity contribution in [3.05, 3.63) is 52.4 Å². The highest BCUT2D eigenvalue weighted by atomic mass is 35.5. The van der Waals surface area contributed by atoms with Gasteiger partial charge in [-0.05, 0) is 32.0 Å². The summed E-state index contributed by atoms with van der Waals surface area (Å²) >= 11 is 5.90. The van der Waals surface area contributed by atoms with Gasteiger partial charge in [0, 0.05) is 0 Å². The third-order valence-electron chi connectivity index (χ3n) is 2.30. The topological polar surface area (TPSA) is 39.4 Å². The number of hydrogen-bond donors (Lipinski definition) is 0. The number of hydrogen-bond acceptors (Lipinski definition) is 3. The molecule has 0 aliphatic rings. The highest BCUT2D eigenvalue weighted by Crippen LogP contribution is 2.25. The molecule has 0 amide bonds. The van der Waals surface area contributed by atoms with E-state index in [4.69, 9.17) is 20.8 Å². The summed E-state index contributed by atoms with van der Waals surface area (Å²) in [6.45, 7) is 3.50. The fourth-order valence-corrected chi connectivity index (χ4v) is 1.69. The van der Waals surface area contributed by atoms with Gasteiger partial charge in [-0.1, -0.05) is 23.7 Å². The molecule has 0 saturated carbocycles. The number of halogens is 1. The molecule has 1 aromatic heterocycles. The van der Waals surface area contributed by atoms with E-state index in [0.29, 0.717) is 27.9 Å². The summed E-state index contributed by atoms with van der Waals surface area (Å²) in [6.07, 6.45) is 0. The monoisotopic (exact) mass is 250 g/mol. The predicted molar refractivity (Wildman–Crippen MR) is 64.6 cm³/mol. The zero-order valence-electron chi connectivity index (χ0n) is 9.49. The lowest BCUT2D eigenvalue weighted by atomic mass is 10.2. The second-order valence-corrected chi connectivity index (χ2v) is 4.05. The summed E-state index contributed by atoms with van der Waals surface area (Å²) in [5.74, 6) is 1.10. The summed E-state index contributed by atoms with van der Waals surface area (Å²) in [5.41, 5.74) is 0.419. The average molecular weight is 251 g/mol. The Balaban J connectivity index is 2.23. The molecule has 4 heteroatoms. The zero-order valence-corrected chi connectivity index (χ0v) is 10.2. The van der Waals surface area contributed by atoms with E-state index in [2.05, 4.69) is 0 Å². The zero-order chi connectivity index (χ0) is 12.4. The van der Waals surface area contributed by atoms with Crippen LogP contribution in [0.25, 0.3) is 0 Å². The first kappa shape index (κ1) is 11.7. The van der Waals surface area contributed by atoms with Crippen LogP contribution in [0.1, 0.15) is 21.9 Å². The van der Waals surface area contributed by atoms with E-state index >= 15 is 0 Å². The van der Waals surface area contributed by atoms with Crippen molar-refractivity contribution >= 4 is 17.6 Å². The molecular weight excluding hydrogens is 240 g/mol. The molecule has 0 aliphatic heterocycles. The van der Waals surface area contributed by atoms with Gasteiger partial charge in [0.15, 0.2) is 0 Å². The van der Waals surface area contributed by atoms with E-state index in [1.165, 1.54) is 0 Å². The van der Waals surface area contributed by atoms with Gasteiger partial charge in [-0.3, -0.25) is 0 Å². The number of carbonyl (C=O) groups excluding carboxylic acids is 1. The van der Waals surface area contributed by atoms with Crippen molar-refractivity contribution in [2.45, 2.75) is 13.8 Å². The van der Waals surface area contributed by atoms with E-state index in [0.717, 1.165) is 0 Å². The Kier molecular flexibility index (Phi) is 3.20. The number of carbonyl (C=O) groups is 1. The number of para-hydroxylation sites is 1. The molecular formula is C13H11ClO3. The van der Waals surface area contributed by atoms with Gasteiger partial charge in [0.05, 0.1) is 5.02 Å². The van der Waals surface area contributed by atoms with E-state index in [-0.39, 0.29) is 0 Å². The first-order chi connectivity index (χ1) is 8.08. The van der Waals surface area contributed by atoms with Gasteiger partial charge >= 0.3 is 5.97 Å². The summed E-state index contributed by atoms with van der Waals surface area (Å²) in [4.78, 5) is 11.9. The van der Waals surface area contributed by atoms with Gasteiger partial charge in [-0.2, -0.15) is 0 Å². The van der Waals surface area contributed by atoms with Crippen LogP contribution in [0.3, 0.4) is 0 Å². The maximum absolute atomic E-state index is 11.9. The third-order valence-corrected chi connectivity index (χ3v) is 2.61. The van der Waals surface area contributed by atoms with E-state index in [1.807, 2.05) is 0 Å². The molecule has 1 heterocycles. The van der Waals surface area contributed by atoms with E-state index < -0.39 is 5.97 Å². The van der Waals surface area contributed by atoms with Gasteiger partial charge in [0.2, 0.25) is 0 Å². The molecule has 0 N–H and O–H groups in total. The van der Waals surface area contributed by atoms with Crippen LogP contribution in [-0.2, 0) is 0 Å². The Labute approximate surface area is 104 Å². The second-order valence-electron chi connectivity index (χ2n) is 3.65. The quantitative estimate of drug-likeness (QED) is 0.602. The summed E-state index contributed by atoms with van der Waals surface area (Å²) in [7, 11) is 0. The number of rotatable bonds is 2. The van der Waals surface area contributed by atoms with Crippen molar-refractivity contribution in [3.63, 3.8) is 0 Å². The summed E-state index contributed by atoms with van der Waals surface area (Å²) in [6, 6.07) is 8.48. The summed E-state index contributed by atoms with van der Waals surface area (Å²) < 4.78 is 10.5. The van der Waals surface area contributed by atoms with Crippen molar-refractivity contribution in [1.29, 1.82) is 0 Å². The fraction of sp³-hybridized carbons (Fsp3) is 0.154. The van der Waals surface area contributed by atoms with Gasteiger partial charge in [-0.25, -0.2) is 4.79 Å². The van der Waals surface area contributed by atoms with Crippen molar-refractivity contribution in [2.24, 2.45) is 0 Å². The minimum absolute atomic E-state index is 0.345. The first-order valence-corrected chi connectivity index (χ1v) is 5.49. The fourth-order valence-electron chi connectivity index (χ4n) is 1.52. The Morgan fingerprint density at radius 3 is 2.59 bits per heavy atom. The van der Waals surface area contributed by atoms with Crippen LogP contribution in [0.5, 0.6) is 5.75 Å². The van der Waals surface area contributed by atoms with Crippen LogP contribution in [0, 0.1) is 13.8 Å². The van der Waals surface area contributed by atoms with Crippen LogP contribution in [0.2, 0.25) is 5.02 Å². The van der Waals surface area contributed by atoms with Gasteiger partial charge in [-0.15, -0.1) is 0 Å². The maximum Gasteiger partial charge on any atom is 0.347 e. The lowest BCUT2D eigenvalue weighted by Crippen LogP contribution is -2.08. The molecule has 3 nitrogen and oxygen atoms in total. The van der Waals surface area contributed by atoms with Crippen molar-refractivity contribution in [1.82, 2.24) is 0 Å². The summed E-state index contributed by atoms with van der Waals surface area (Å²) in [5, 5.41) is 0.402. The van der Waals surface area contributed by atoms with E-state index in [9.17, 15) is 4.79 Å². The molecule has 0 bridgehead atoms. The number of ether oxygens (including phenoxy) is 1. The number of furan rings is 1. The van der Waals surface area contributed by atoms with Gasteiger partial charge in [0.1, 0.15) is 22.8 Å². The number of esters is 1. The van der Waals surface area contributed by atoms with Gasteiger partial charge in [0.25, 0.3) is 0 Å². The molecule has 0 aliphatic carbocycles. The second kappa shape index (κ2) is 4.63. The lowest BCUT2D eigenvalue weighted by molar-refractivity contribution is 0.0733. The molecule has 0 unspecified atom stereocenters. The molecule has 2 aromatic rings. The van der Waals surface area contributed by atoms with Crippen molar-refractivity contribution in [2.75, 3.05) is 0 Å². The molecule has 88 valence electrons. The van der Waals surface area contributed by atoms with Crippen molar-refractivity contribution < 1.29 is 13.9 Å². The Bertz CT molecular complexity index is 558. The number of benzene rings is 1. The highest BCUT2D eigenvalue weighted by Gasteiger charge is 2.16. The average Bonchev–Trinajstić information content (AvgIpc) is 2.61. The SMILES string of the molecule is Cc1cc(C(=O)Oc2ccccc2Cl)c(C)o1. The molecule has 1 aromatic carbocycles.